The Hall–Kier alpha value is -2.31. The maximum absolute atomic E-state index is 12.3. The maximum Gasteiger partial charge on any atom is 0.228 e. The molecule has 0 amide bonds. The predicted molar refractivity (Wildman–Crippen MR) is 79.1 cm³/mol. The van der Waals surface area contributed by atoms with E-state index >= 15 is 0 Å². The van der Waals surface area contributed by atoms with Crippen LogP contribution in [0.5, 0.6) is 0 Å². The quantitative estimate of drug-likeness (QED) is 0.889. The lowest BCUT2D eigenvalue weighted by Crippen LogP contribution is -2.35. The van der Waals surface area contributed by atoms with E-state index in [4.69, 9.17) is 9.47 Å². The van der Waals surface area contributed by atoms with Crippen molar-refractivity contribution in [3.05, 3.63) is 47.2 Å². The van der Waals surface area contributed by atoms with Crippen molar-refractivity contribution in [1.29, 1.82) is 0 Å². The van der Waals surface area contributed by atoms with Gasteiger partial charge in [-0.2, -0.15) is 0 Å². The van der Waals surface area contributed by atoms with Crippen molar-refractivity contribution in [2.24, 2.45) is 5.92 Å². The maximum atomic E-state index is 12.3. The molecule has 2 aliphatic rings. The van der Waals surface area contributed by atoms with Crippen molar-refractivity contribution in [2.45, 2.75) is 12.5 Å². The highest BCUT2D eigenvalue weighted by Gasteiger charge is 2.30. The number of rotatable bonds is 4. The standard InChI is InChI=1S/C17H16O6/c18-11-5-10(7-22-8-11)15(20)9-23-16-6-14(19)12-3-1-2-4-13(12)17(16)21/h1-4,6,10-11,18H,5,7-9H2. The molecule has 1 aromatic rings. The molecule has 1 N–H and O–H groups in total. The molecule has 1 saturated heterocycles. The summed E-state index contributed by atoms with van der Waals surface area (Å²) in [6.45, 7) is 0.126. The Morgan fingerprint density at radius 3 is 2.70 bits per heavy atom. The molecular formula is C17H16O6. The predicted octanol–water partition coefficient (Wildman–Crippen LogP) is 0.933. The zero-order valence-electron chi connectivity index (χ0n) is 12.4. The highest BCUT2D eigenvalue weighted by molar-refractivity contribution is 6.23. The molecule has 2 atom stereocenters. The van der Waals surface area contributed by atoms with Crippen LogP contribution in [0.25, 0.3) is 0 Å². The van der Waals surface area contributed by atoms with Gasteiger partial charge in [0.1, 0.15) is 6.61 Å². The molecule has 6 heteroatoms. The first kappa shape index (κ1) is 15.6. The Balaban J connectivity index is 1.66. The second kappa shape index (κ2) is 6.44. The summed E-state index contributed by atoms with van der Waals surface area (Å²) in [5.41, 5.74) is 0.610. The molecule has 0 aromatic heterocycles. The molecule has 0 bridgehead atoms. The molecule has 0 saturated carbocycles. The number of carbonyl (C=O) groups excluding carboxylic acids is 3. The first-order valence-corrected chi connectivity index (χ1v) is 7.37. The highest BCUT2D eigenvalue weighted by Crippen LogP contribution is 2.22. The summed E-state index contributed by atoms with van der Waals surface area (Å²) in [6.07, 6.45) is 0.767. The van der Waals surface area contributed by atoms with Gasteiger partial charge in [-0.05, 0) is 6.42 Å². The molecule has 6 nitrogen and oxygen atoms in total. The summed E-state index contributed by atoms with van der Waals surface area (Å²) in [5.74, 6) is -1.57. The molecule has 1 aromatic carbocycles. The van der Waals surface area contributed by atoms with Crippen LogP contribution in [0, 0.1) is 5.92 Å². The van der Waals surface area contributed by atoms with Gasteiger partial charge >= 0.3 is 0 Å². The van der Waals surface area contributed by atoms with Gasteiger partial charge in [-0.3, -0.25) is 14.4 Å². The van der Waals surface area contributed by atoms with Gasteiger partial charge in [-0.15, -0.1) is 0 Å². The Bertz CT molecular complexity index is 690. The van der Waals surface area contributed by atoms with Crippen LogP contribution in [-0.4, -0.2) is 48.4 Å². The van der Waals surface area contributed by atoms with E-state index in [0.29, 0.717) is 12.0 Å². The van der Waals surface area contributed by atoms with E-state index in [2.05, 4.69) is 0 Å². The van der Waals surface area contributed by atoms with Gasteiger partial charge in [-0.25, -0.2) is 0 Å². The third kappa shape index (κ3) is 3.23. The second-order valence-electron chi connectivity index (χ2n) is 5.63. The number of hydrogen-bond acceptors (Lipinski definition) is 6. The van der Waals surface area contributed by atoms with E-state index in [1.54, 1.807) is 24.3 Å². The average Bonchev–Trinajstić information content (AvgIpc) is 2.56. The first-order chi connectivity index (χ1) is 11.1. The summed E-state index contributed by atoms with van der Waals surface area (Å²) < 4.78 is 10.4. The number of ketones is 3. The van der Waals surface area contributed by atoms with E-state index in [-0.39, 0.29) is 42.7 Å². The van der Waals surface area contributed by atoms with Crippen LogP contribution in [0.4, 0.5) is 0 Å². The van der Waals surface area contributed by atoms with Crippen molar-refractivity contribution >= 4 is 17.3 Å². The molecule has 23 heavy (non-hydrogen) atoms. The third-order valence-electron chi connectivity index (χ3n) is 3.93. The van der Waals surface area contributed by atoms with Crippen LogP contribution in [-0.2, 0) is 14.3 Å². The largest absolute Gasteiger partial charge is 0.482 e. The van der Waals surface area contributed by atoms with E-state index in [9.17, 15) is 19.5 Å². The fourth-order valence-electron chi connectivity index (χ4n) is 2.70. The minimum atomic E-state index is -0.665. The number of aliphatic hydroxyl groups excluding tert-OH is 1. The van der Waals surface area contributed by atoms with Crippen molar-refractivity contribution in [3.63, 3.8) is 0 Å². The monoisotopic (exact) mass is 316 g/mol. The number of hydrogen-bond donors (Lipinski definition) is 1. The fraction of sp³-hybridized carbons (Fsp3) is 0.353. The first-order valence-electron chi connectivity index (χ1n) is 7.37. The summed E-state index contributed by atoms with van der Waals surface area (Å²) in [6, 6.07) is 6.48. The van der Waals surface area contributed by atoms with Crippen LogP contribution in [0.2, 0.25) is 0 Å². The lowest BCUT2D eigenvalue weighted by Gasteiger charge is -2.25. The number of ether oxygens (including phenoxy) is 2. The number of fused-ring (bicyclic) bond motifs is 1. The molecule has 1 aliphatic heterocycles. The Morgan fingerprint density at radius 1 is 1.22 bits per heavy atom. The molecule has 2 unspecified atom stereocenters. The van der Waals surface area contributed by atoms with Crippen LogP contribution >= 0.6 is 0 Å². The van der Waals surface area contributed by atoms with Crippen LogP contribution in [0.3, 0.4) is 0 Å². The van der Waals surface area contributed by atoms with Crippen molar-refractivity contribution in [1.82, 2.24) is 0 Å². The Labute approximate surface area is 132 Å². The lowest BCUT2D eigenvalue weighted by molar-refractivity contribution is -0.134. The average molecular weight is 316 g/mol. The Kier molecular flexibility index (Phi) is 4.36. The number of Topliss-reactive ketones (excluding diaryl/α,β-unsaturated/α-hetero) is 2. The minimum Gasteiger partial charge on any atom is -0.482 e. The van der Waals surface area contributed by atoms with Gasteiger partial charge in [0.05, 0.1) is 19.3 Å². The van der Waals surface area contributed by atoms with Gasteiger partial charge in [0.2, 0.25) is 5.78 Å². The van der Waals surface area contributed by atoms with Crippen LogP contribution in [0.15, 0.2) is 36.1 Å². The normalized spacial score (nSPS) is 24.0. The van der Waals surface area contributed by atoms with E-state index in [1.807, 2.05) is 0 Å². The summed E-state index contributed by atoms with van der Waals surface area (Å²) >= 11 is 0. The van der Waals surface area contributed by atoms with Gasteiger partial charge < -0.3 is 14.6 Å². The fourth-order valence-corrected chi connectivity index (χ4v) is 2.70. The molecule has 120 valence electrons. The van der Waals surface area contributed by atoms with Crippen LogP contribution < -0.4 is 0 Å². The highest BCUT2D eigenvalue weighted by atomic mass is 16.5. The van der Waals surface area contributed by atoms with Gasteiger partial charge in [0.25, 0.3) is 0 Å². The van der Waals surface area contributed by atoms with Gasteiger partial charge in [0, 0.05) is 23.1 Å². The number of aliphatic hydroxyl groups is 1. The lowest BCUT2D eigenvalue weighted by atomic mass is 9.93. The van der Waals surface area contributed by atoms with Gasteiger partial charge in [0.15, 0.2) is 17.3 Å². The van der Waals surface area contributed by atoms with Crippen molar-refractivity contribution < 1.29 is 29.0 Å². The number of benzene rings is 1. The summed E-state index contributed by atoms with van der Waals surface area (Å²) in [4.78, 5) is 36.3. The zero-order valence-corrected chi connectivity index (χ0v) is 12.4. The zero-order chi connectivity index (χ0) is 16.4. The van der Waals surface area contributed by atoms with Gasteiger partial charge in [-0.1, -0.05) is 24.3 Å². The molecule has 3 rings (SSSR count). The molecule has 1 fully saturated rings. The Morgan fingerprint density at radius 2 is 1.96 bits per heavy atom. The topological polar surface area (TPSA) is 89.9 Å². The van der Waals surface area contributed by atoms with E-state index in [1.165, 1.54) is 0 Å². The van der Waals surface area contributed by atoms with E-state index in [0.717, 1.165) is 6.08 Å². The van der Waals surface area contributed by atoms with Crippen LogP contribution in [0.1, 0.15) is 27.1 Å². The van der Waals surface area contributed by atoms with E-state index < -0.39 is 17.8 Å². The number of carbonyl (C=O) groups is 3. The smallest absolute Gasteiger partial charge is 0.228 e. The SMILES string of the molecule is O=C1C=C(OCC(=O)C2COCC(O)C2)C(=O)c2ccccc21. The molecule has 0 spiro atoms. The molecule has 1 heterocycles. The molecular weight excluding hydrogens is 300 g/mol. The molecule has 1 aliphatic carbocycles. The van der Waals surface area contributed by atoms with Crippen molar-refractivity contribution in [3.8, 4) is 0 Å². The van der Waals surface area contributed by atoms with Crippen molar-refractivity contribution in [2.75, 3.05) is 19.8 Å². The number of allylic oxidation sites excluding steroid dienone is 2. The summed E-state index contributed by atoms with van der Waals surface area (Å²) in [7, 11) is 0. The molecule has 0 radical (unpaired) electrons. The second-order valence-corrected chi connectivity index (χ2v) is 5.63. The minimum absolute atomic E-state index is 0.126. The summed E-state index contributed by atoms with van der Waals surface area (Å²) in [5, 5.41) is 9.50. The third-order valence-corrected chi connectivity index (χ3v) is 3.93.